The number of amides is 1. The minimum atomic E-state index is -0.358. The van der Waals surface area contributed by atoms with E-state index >= 15 is 0 Å². The van der Waals surface area contributed by atoms with Gasteiger partial charge in [0.05, 0.1) is 18.1 Å². The van der Waals surface area contributed by atoms with Crippen molar-refractivity contribution in [2.45, 2.75) is 32.1 Å². The van der Waals surface area contributed by atoms with Crippen LogP contribution in [0.3, 0.4) is 0 Å². The molecule has 3 N–H and O–H groups in total. The number of rotatable bonds is 8. The fraction of sp³-hybridized carbons (Fsp3) is 0.375. The normalized spacial score (nSPS) is 10.6. The molecule has 118 valence electrons. The summed E-state index contributed by atoms with van der Waals surface area (Å²) in [6.45, 7) is 0.696. The first-order valence-electron chi connectivity index (χ1n) is 7.50. The lowest BCUT2D eigenvalue weighted by Gasteiger charge is -2.03. The predicted octanol–water partition coefficient (Wildman–Crippen LogP) is 2.86. The van der Waals surface area contributed by atoms with E-state index in [1.165, 1.54) is 16.9 Å². The molecule has 2 aromatic rings. The lowest BCUT2D eigenvalue weighted by atomic mass is 10.1. The minimum absolute atomic E-state index is 0.0548. The van der Waals surface area contributed by atoms with Gasteiger partial charge in [0, 0.05) is 6.42 Å². The number of nitrogens with two attached hydrogens (primary N) is 1. The number of nitrogens with zero attached hydrogens (tertiary/aromatic N) is 2. The highest BCUT2D eigenvalue weighted by Gasteiger charge is 2.08. The fourth-order valence-electron chi connectivity index (χ4n) is 2.16. The first-order chi connectivity index (χ1) is 10.7. The van der Waals surface area contributed by atoms with Crippen molar-refractivity contribution in [3.8, 4) is 5.69 Å². The summed E-state index contributed by atoms with van der Waals surface area (Å²) in [5, 5.41) is 6.84. The zero-order chi connectivity index (χ0) is 15.8. The van der Waals surface area contributed by atoms with E-state index in [9.17, 15) is 9.18 Å². The lowest BCUT2D eigenvalue weighted by Crippen LogP contribution is -2.10. The molecule has 0 unspecified atom stereocenters. The van der Waals surface area contributed by atoms with E-state index in [4.69, 9.17) is 5.73 Å². The average Bonchev–Trinajstić information content (AvgIpc) is 2.95. The summed E-state index contributed by atoms with van der Waals surface area (Å²) < 4.78 is 15.1. The monoisotopic (exact) mass is 304 g/mol. The Hall–Kier alpha value is -2.21. The van der Waals surface area contributed by atoms with Gasteiger partial charge in [0.15, 0.2) is 0 Å². The summed E-state index contributed by atoms with van der Waals surface area (Å²) in [5.41, 5.74) is 6.34. The van der Waals surface area contributed by atoms with Gasteiger partial charge in [-0.15, -0.1) is 0 Å². The number of carbonyl (C=O) groups excluding carboxylic acids is 1. The summed E-state index contributed by atoms with van der Waals surface area (Å²) in [5.74, 6) is -0.413. The van der Waals surface area contributed by atoms with Gasteiger partial charge in [-0.3, -0.25) is 4.79 Å². The van der Waals surface area contributed by atoms with E-state index < -0.39 is 0 Å². The summed E-state index contributed by atoms with van der Waals surface area (Å²) >= 11 is 0. The number of para-hydroxylation sites is 1. The van der Waals surface area contributed by atoms with Crippen LogP contribution < -0.4 is 11.1 Å². The van der Waals surface area contributed by atoms with Gasteiger partial charge >= 0.3 is 0 Å². The van der Waals surface area contributed by atoms with Crippen LogP contribution in [0.4, 0.5) is 10.1 Å². The van der Waals surface area contributed by atoms with Gasteiger partial charge < -0.3 is 11.1 Å². The van der Waals surface area contributed by atoms with Crippen LogP contribution in [-0.4, -0.2) is 22.2 Å². The number of nitrogens with one attached hydrogen (secondary N) is 1. The van der Waals surface area contributed by atoms with Crippen LogP contribution in [0.25, 0.3) is 5.69 Å². The van der Waals surface area contributed by atoms with E-state index in [1.807, 2.05) is 0 Å². The molecule has 0 fully saturated rings. The molecule has 0 aliphatic rings. The molecule has 22 heavy (non-hydrogen) atoms. The molecule has 0 saturated heterocycles. The van der Waals surface area contributed by atoms with Crippen LogP contribution in [-0.2, 0) is 4.79 Å². The minimum Gasteiger partial charge on any atom is -0.330 e. The highest BCUT2D eigenvalue weighted by Crippen LogP contribution is 2.15. The lowest BCUT2D eigenvalue weighted by molar-refractivity contribution is -0.116. The third-order valence-electron chi connectivity index (χ3n) is 3.32. The van der Waals surface area contributed by atoms with E-state index in [-0.39, 0.29) is 11.7 Å². The molecule has 0 radical (unpaired) electrons. The summed E-state index contributed by atoms with van der Waals surface area (Å²) in [6, 6.07) is 6.36. The van der Waals surface area contributed by atoms with Crippen LogP contribution in [0.5, 0.6) is 0 Å². The van der Waals surface area contributed by atoms with Gasteiger partial charge in [0.25, 0.3) is 0 Å². The molecular weight excluding hydrogens is 283 g/mol. The molecule has 0 aliphatic heterocycles. The Morgan fingerprint density at radius 2 is 2.00 bits per heavy atom. The molecular formula is C16H21FN4O. The number of hydrogen-bond acceptors (Lipinski definition) is 3. The Bertz CT molecular complexity index is 612. The molecule has 1 heterocycles. The summed E-state index contributed by atoms with van der Waals surface area (Å²) in [4.78, 5) is 11.8. The van der Waals surface area contributed by atoms with Gasteiger partial charge in [0.2, 0.25) is 5.91 Å². The molecule has 2 rings (SSSR count). The molecule has 0 aliphatic carbocycles. The number of carbonyl (C=O) groups is 1. The standard InChI is InChI=1S/C16H21FN4O/c17-14-7-4-5-8-15(14)21-12-13(11-19-21)20-16(22)9-3-1-2-6-10-18/h4-5,7-8,11-12H,1-3,6,9-10,18H2,(H,20,22). The third-order valence-corrected chi connectivity index (χ3v) is 3.32. The highest BCUT2D eigenvalue weighted by molar-refractivity contribution is 5.90. The second-order valence-corrected chi connectivity index (χ2v) is 5.13. The van der Waals surface area contributed by atoms with Crippen LogP contribution >= 0.6 is 0 Å². The van der Waals surface area contributed by atoms with Gasteiger partial charge in [-0.2, -0.15) is 5.10 Å². The Kier molecular flexibility index (Phi) is 6.09. The maximum absolute atomic E-state index is 13.7. The molecule has 0 saturated carbocycles. The van der Waals surface area contributed by atoms with Crippen molar-refractivity contribution in [1.82, 2.24) is 9.78 Å². The first kappa shape index (κ1) is 16.2. The number of halogens is 1. The van der Waals surface area contributed by atoms with Crippen molar-refractivity contribution in [2.24, 2.45) is 5.73 Å². The second-order valence-electron chi connectivity index (χ2n) is 5.13. The summed E-state index contributed by atoms with van der Waals surface area (Å²) in [7, 11) is 0. The van der Waals surface area contributed by atoms with E-state index in [2.05, 4.69) is 10.4 Å². The summed E-state index contributed by atoms with van der Waals surface area (Å²) in [6.07, 6.45) is 7.47. The topological polar surface area (TPSA) is 72.9 Å². The zero-order valence-corrected chi connectivity index (χ0v) is 12.5. The van der Waals surface area contributed by atoms with Gasteiger partial charge in [-0.05, 0) is 31.5 Å². The SMILES string of the molecule is NCCCCCCC(=O)Nc1cnn(-c2ccccc2F)c1. The van der Waals surface area contributed by atoms with Crippen molar-refractivity contribution >= 4 is 11.6 Å². The Balaban J connectivity index is 1.84. The number of hydrogen-bond donors (Lipinski definition) is 2. The van der Waals surface area contributed by atoms with Crippen molar-refractivity contribution in [3.63, 3.8) is 0 Å². The van der Waals surface area contributed by atoms with Gasteiger partial charge in [-0.1, -0.05) is 25.0 Å². The largest absolute Gasteiger partial charge is 0.330 e. The average molecular weight is 304 g/mol. The van der Waals surface area contributed by atoms with Crippen molar-refractivity contribution in [3.05, 3.63) is 42.5 Å². The number of unbranched alkanes of at least 4 members (excludes halogenated alkanes) is 3. The quantitative estimate of drug-likeness (QED) is 0.737. The molecule has 1 aromatic carbocycles. The zero-order valence-electron chi connectivity index (χ0n) is 12.5. The molecule has 0 bridgehead atoms. The first-order valence-corrected chi connectivity index (χ1v) is 7.50. The van der Waals surface area contributed by atoms with Gasteiger partial charge in [-0.25, -0.2) is 9.07 Å². The van der Waals surface area contributed by atoms with Crippen molar-refractivity contribution < 1.29 is 9.18 Å². The number of aromatic nitrogens is 2. The molecule has 0 atom stereocenters. The van der Waals surface area contributed by atoms with Gasteiger partial charge in [0.1, 0.15) is 11.5 Å². The Labute approximate surface area is 129 Å². The predicted molar refractivity (Wildman–Crippen MR) is 84.3 cm³/mol. The molecule has 0 spiro atoms. The Morgan fingerprint density at radius 1 is 1.23 bits per heavy atom. The van der Waals surface area contributed by atoms with Crippen molar-refractivity contribution in [2.75, 3.05) is 11.9 Å². The molecule has 6 heteroatoms. The smallest absolute Gasteiger partial charge is 0.224 e. The van der Waals surface area contributed by atoms with Crippen LogP contribution in [0.1, 0.15) is 32.1 Å². The molecule has 1 amide bonds. The van der Waals surface area contributed by atoms with E-state index in [0.29, 0.717) is 24.3 Å². The van der Waals surface area contributed by atoms with Crippen molar-refractivity contribution in [1.29, 1.82) is 0 Å². The highest BCUT2D eigenvalue weighted by atomic mass is 19.1. The van der Waals surface area contributed by atoms with E-state index in [1.54, 1.807) is 24.4 Å². The second kappa shape index (κ2) is 8.29. The van der Waals surface area contributed by atoms with Crippen LogP contribution in [0.15, 0.2) is 36.7 Å². The fourth-order valence-corrected chi connectivity index (χ4v) is 2.16. The Morgan fingerprint density at radius 3 is 2.77 bits per heavy atom. The third kappa shape index (κ3) is 4.66. The molecule has 5 nitrogen and oxygen atoms in total. The number of anilines is 1. The molecule has 1 aromatic heterocycles. The van der Waals surface area contributed by atoms with Crippen LogP contribution in [0.2, 0.25) is 0 Å². The van der Waals surface area contributed by atoms with E-state index in [0.717, 1.165) is 25.7 Å². The van der Waals surface area contributed by atoms with Crippen LogP contribution in [0, 0.1) is 5.82 Å². The maximum Gasteiger partial charge on any atom is 0.224 e. The maximum atomic E-state index is 13.7. The number of benzene rings is 1.